The first-order valence-corrected chi connectivity index (χ1v) is 6.97. The summed E-state index contributed by atoms with van der Waals surface area (Å²) in [4.78, 5) is 10.7. The van der Waals surface area contributed by atoms with Gasteiger partial charge in [0.25, 0.3) is 5.69 Å². The Labute approximate surface area is 127 Å². The maximum absolute atomic E-state index is 11.1. The summed E-state index contributed by atoms with van der Waals surface area (Å²) in [5, 5.41) is 24.5. The summed E-state index contributed by atoms with van der Waals surface area (Å²) < 4.78 is 0. The molecule has 6 heteroatoms. The molecule has 21 heavy (non-hydrogen) atoms. The molecular weight excluding hydrogens is 290 g/mol. The van der Waals surface area contributed by atoms with Crippen molar-refractivity contribution in [1.82, 2.24) is 5.32 Å². The number of hydrogen-bond acceptors (Lipinski definition) is 4. The standard InChI is InChI=1S/C15H14ClN3O2/c1-18-9-11(7-16)12-4-5-15(19(20)21)13-3-2-10(8-17)6-14(12)13/h2-6,11,18H,7,9H2,1H3. The van der Waals surface area contributed by atoms with E-state index in [9.17, 15) is 10.1 Å². The van der Waals surface area contributed by atoms with Crippen molar-refractivity contribution in [2.75, 3.05) is 19.5 Å². The minimum absolute atomic E-state index is 0.0221. The van der Waals surface area contributed by atoms with Crippen molar-refractivity contribution in [2.24, 2.45) is 0 Å². The Balaban J connectivity index is 2.74. The number of nitro groups is 1. The van der Waals surface area contributed by atoms with Crippen molar-refractivity contribution in [3.8, 4) is 6.07 Å². The Morgan fingerprint density at radius 2 is 2.14 bits per heavy atom. The van der Waals surface area contributed by atoms with Gasteiger partial charge in [-0.15, -0.1) is 11.6 Å². The maximum Gasteiger partial charge on any atom is 0.277 e. The van der Waals surface area contributed by atoms with E-state index in [-0.39, 0.29) is 11.6 Å². The van der Waals surface area contributed by atoms with E-state index in [1.54, 1.807) is 24.3 Å². The first-order valence-electron chi connectivity index (χ1n) is 6.44. The molecule has 0 aliphatic carbocycles. The molecule has 0 bridgehead atoms. The highest BCUT2D eigenvalue weighted by atomic mass is 35.5. The van der Waals surface area contributed by atoms with Crippen molar-refractivity contribution < 1.29 is 4.92 Å². The summed E-state index contributed by atoms with van der Waals surface area (Å²) in [6, 6.07) is 10.2. The first kappa shape index (κ1) is 15.2. The van der Waals surface area contributed by atoms with E-state index in [1.165, 1.54) is 6.07 Å². The van der Waals surface area contributed by atoms with Gasteiger partial charge in [-0.25, -0.2) is 0 Å². The highest BCUT2D eigenvalue weighted by Crippen LogP contribution is 2.33. The number of nitriles is 1. The number of rotatable bonds is 5. The van der Waals surface area contributed by atoms with E-state index in [2.05, 4.69) is 11.4 Å². The molecule has 0 saturated carbocycles. The summed E-state index contributed by atoms with van der Waals surface area (Å²) in [5.74, 6) is 0.416. The third kappa shape index (κ3) is 2.97. The van der Waals surface area contributed by atoms with Crippen LogP contribution in [0.4, 0.5) is 5.69 Å². The van der Waals surface area contributed by atoms with Crippen molar-refractivity contribution in [3.05, 3.63) is 51.6 Å². The van der Waals surface area contributed by atoms with Gasteiger partial charge in [-0.3, -0.25) is 10.1 Å². The van der Waals surface area contributed by atoms with E-state index in [4.69, 9.17) is 16.9 Å². The van der Waals surface area contributed by atoms with Gasteiger partial charge in [0.1, 0.15) is 0 Å². The molecule has 2 rings (SSSR count). The Morgan fingerprint density at radius 1 is 1.38 bits per heavy atom. The lowest BCUT2D eigenvalue weighted by atomic mass is 9.92. The van der Waals surface area contributed by atoms with Crippen LogP contribution in [-0.4, -0.2) is 24.4 Å². The Morgan fingerprint density at radius 3 is 2.71 bits per heavy atom. The number of halogens is 1. The molecule has 2 aromatic carbocycles. The second kappa shape index (κ2) is 6.53. The van der Waals surface area contributed by atoms with Gasteiger partial charge in [0.05, 0.1) is 21.9 Å². The molecule has 1 N–H and O–H groups in total. The number of alkyl halides is 1. The monoisotopic (exact) mass is 303 g/mol. The molecule has 5 nitrogen and oxygen atoms in total. The van der Waals surface area contributed by atoms with Crippen LogP contribution in [0.3, 0.4) is 0 Å². The van der Waals surface area contributed by atoms with Crippen molar-refractivity contribution in [3.63, 3.8) is 0 Å². The molecule has 2 aromatic rings. The van der Waals surface area contributed by atoms with Gasteiger partial charge in [0.2, 0.25) is 0 Å². The Kier molecular flexibility index (Phi) is 4.73. The molecule has 1 unspecified atom stereocenters. The fourth-order valence-electron chi connectivity index (χ4n) is 2.43. The van der Waals surface area contributed by atoms with Gasteiger partial charge in [-0.05, 0) is 36.2 Å². The van der Waals surface area contributed by atoms with E-state index >= 15 is 0 Å². The van der Waals surface area contributed by atoms with Gasteiger partial charge in [-0.2, -0.15) is 5.26 Å². The highest BCUT2D eigenvalue weighted by molar-refractivity contribution is 6.18. The number of nitrogens with one attached hydrogen (secondary N) is 1. The van der Waals surface area contributed by atoms with Crippen LogP contribution in [0.15, 0.2) is 30.3 Å². The number of hydrogen-bond donors (Lipinski definition) is 1. The number of likely N-dealkylation sites (N-methyl/N-ethyl adjacent to an activating group) is 1. The number of nitro benzene ring substituents is 1. The van der Waals surface area contributed by atoms with Crippen molar-refractivity contribution >= 4 is 28.1 Å². The van der Waals surface area contributed by atoms with Crippen LogP contribution in [-0.2, 0) is 0 Å². The summed E-state index contributed by atoms with van der Waals surface area (Å²) in [7, 11) is 1.83. The van der Waals surface area contributed by atoms with Crippen LogP contribution < -0.4 is 5.32 Å². The van der Waals surface area contributed by atoms with Gasteiger partial charge in [0.15, 0.2) is 0 Å². The van der Waals surface area contributed by atoms with Crippen LogP contribution in [0.2, 0.25) is 0 Å². The predicted molar refractivity (Wildman–Crippen MR) is 82.7 cm³/mol. The number of nitrogens with zero attached hydrogens (tertiary/aromatic N) is 2. The van der Waals surface area contributed by atoms with Crippen molar-refractivity contribution in [1.29, 1.82) is 5.26 Å². The zero-order valence-corrected chi connectivity index (χ0v) is 12.2. The van der Waals surface area contributed by atoms with E-state index in [0.717, 1.165) is 5.56 Å². The van der Waals surface area contributed by atoms with E-state index < -0.39 is 4.92 Å². The van der Waals surface area contributed by atoms with Gasteiger partial charge >= 0.3 is 0 Å². The van der Waals surface area contributed by atoms with Crippen LogP contribution in [0.25, 0.3) is 10.8 Å². The van der Waals surface area contributed by atoms with Gasteiger partial charge in [0, 0.05) is 24.4 Å². The number of non-ortho nitro benzene ring substituents is 1. The Bertz CT molecular complexity index is 725. The molecule has 1 atom stereocenters. The fraction of sp³-hybridized carbons (Fsp3) is 0.267. The van der Waals surface area contributed by atoms with Crippen LogP contribution in [0.5, 0.6) is 0 Å². The van der Waals surface area contributed by atoms with Gasteiger partial charge < -0.3 is 5.32 Å². The molecule has 0 heterocycles. The average Bonchev–Trinajstić information content (AvgIpc) is 2.51. The molecule has 0 spiro atoms. The maximum atomic E-state index is 11.1. The minimum atomic E-state index is -0.411. The highest BCUT2D eigenvalue weighted by Gasteiger charge is 2.19. The molecule has 0 amide bonds. The average molecular weight is 304 g/mol. The topological polar surface area (TPSA) is 79.0 Å². The SMILES string of the molecule is CNCC(CCl)c1ccc([N+](=O)[O-])c2ccc(C#N)cc12. The zero-order chi connectivity index (χ0) is 15.4. The fourth-order valence-corrected chi connectivity index (χ4v) is 2.71. The Hall–Kier alpha value is -2.16. The van der Waals surface area contributed by atoms with E-state index in [1.807, 2.05) is 7.05 Å². The van der Waals surface area contributed by atoms with Crippen LogP contribution in [0.1, 0.15) is 17.0 Å². The third-order valence-electron chi connectivity index (χ3n) is 3.43. The zero-order valence-electron chi connectivity index (χ0n) is 11.5. The molecular formula is C15H14ClN3O2. The lowest BCUT2D eigenvalue weighted by Gasteiger charge is -2.16. The summed E-state index contributed by atoms with van der Waals surface area (Å²) >= 11 is 6.02. The predicted octanol–water partition coefficient (Wildman–Crippen LogP) is 3.16. The number of benzene rings is 2. The molecule has 0 aliphatic rings. The lowest BCUT2D eigenvalue weighted by molar-refractivity contribution is -0.383. The molecule has 0 saturated heterocycles. The van der Waals surface area contributed by atoms with Crippen molar-refractivity contribution in [2.45, 2.75) is 5.92 Å². The lowest BCUT2D eigenvalue weighted by Crippen LogP contribution is -2.18. The first-order chi connectivity index (χ1) is 10.1. The number of fused-ring (bicyclic) bond motifs is 1. The summed E-state index contributed by atoms with van der Waals surface area (Å²) in [6.07, 6.45) is 0. The summed E-state index contributed by atoms with van der Waals surface area (Å²) in [5.41, 5.74) is 1.43. The summed E-state index contributed by atoms with van der Waals surface area (Å²) in [6.45, 7) is 0.660. The smallest absolute Gasteiger partial charge is 0.277 e. The quantitative estimate of drug-likeness (QED) is 0.523. The van der Waals surface area contributed by atoms with Crippen LogP contribution in [0, 0.1) is 21.4 Å². The molecule has 0 aromatic heterocycles. The second-order valence-corrected chi connectivity index (χ2v) is 5.02. The normalized spacial score (nSPS) is 12.0. The largest absolute Gasteiger partial charge is 0.319 e. The molecule has 108 valence electrons. The molecule has 0 aliphatic heterocycles. The molecule has 0 fully saturated rings. The van der Waals surface area contributed by atoms with Crippen LogP contribution >= 0.6 is 11.6 Å². The molecule has 0 radical (unpaired) electrons. The van der Waals surface area contributed by atoms with Gasteiger partial charge in [-0.1, -0.05) is 6.07 Å². The third-order valence-corrected chi connectivity index (χ3v) is 3.80. The second-order valence-electron chi connectivity index (χ2n) is 4.71. The van der Waals surface area contributed by atoms with E-state index in [0.29, 0.717) is 28.8 Å². The minimum Gasteiger partial charge on any atom is -0.319 e.